The molecule has 0 fully saturated rings. The lowest BCUT2D eigenvalue weighted by molar-refractivity contribution is -0.114. The molecule has 0 bridgehead atoms. The van der Waals surface area contributed by atoms with E-state index >= 15 is 0 Å². The van der Waals surface area contributed by atoms with Gasteiger partial charge in [0.15, 0.2) is 0 Å². The third kappa shape index (κ3) is 6.96. The van der Waals surface area contributed by atoms with Crippen LogP contribution in [0.1, 0.15) is 36.7 Å². The maximum atomic E-state index is 13.3. The first kappa shape index (κ1) is 26.5. The Bertz CT molecular complexity index is 1010. The lowest BCUT2D eigenvalue weighted by atomic mass is 10.0. The number of rotatable bonds is 5. The maximum Gasteiger partial charge on any atom is 0.257 e. The number of ether oxygens (including phenoxy) is 3. The fourth-order valence-corrected chi connectivity index (χ4v) is 4.31. The molecule has 8 nitrogen and oxygen atoms in total. The molecule has 0 saturated heterocycles. The van der Waals surface area contributed by atoms with Crippen molar-refractivity contribution in [3.8, 4) is 11.5 Å². The van der Waals surface area contributed by atoms with Crippen molar-refractivity contribution < 1.29 is 23.8 Å². The number of benzene rings is 2. The molecule has 0 aromatic heterocycles. The molecule has 1 heterocycles. The van der Waals surface area contributed by atoms with E-state index in [4.69, 9.17) is 14.2 Å². The van der Waals surface area contributed by atoms with Gasteiger partial charge in [-0.05, 0) is 42.7 Å². The highest BCUT2D eigenvalue weighted by molar-refractivity contribution is 5.98. The molecule has 3 atom stereocenters. The Balaban J connectivity index is 1.93. The molecule has 35 heavy (non-hydrogen) atoms. The molecule has 2 aromatic carbocycles. The van der Waals surface area contributed by atoms with Gasteiger partial charge in [0.1, 0.15) is 18.1 Å². The smallest absolute Gasteiger partial charge is 0.257 e. The fraction of sp³-hybridized carbons (Fsp3) is 0.481. The van der Waals surface area contributed by atoms with Gasteiger partial charge in [0.05, 0.1) is 18.8 Å². The van der Waals surface area contributed by atoms with Gasteiger partial charge in [-0.1, -0.05) is 19.1 Å². The number of nitrogens with one attached hydrogen (secondary N) is 1. The molecule has 0 saturated carbocycles. The van der Waals surface area contributed by atoms with Gasteiger partial charge >= 0.3 is 0 Å². The third-order valence-electron chi connectivity index (χ3n) is 6.44. The van der Waals surface area contributed by atoms with Crippen LogP contribution >= 0.6 is 0 Å². The molecule has 1 N–H and O–H groups in total. The number of amides is 2. The van der Waals surface area contributed by atoms with Gasteiger partial charge in [-0.15, -0.1) is 0 Å². The number of fused-ring (bicyclic) bond motifs is 1. The third-order valence-corrected chi connectivity index (χ3v) is 6.44. The molecule has 1 aliphatic heterocycles. The molecule has 8 heteroatoms. The highest BCUT2D eigenvalue weighted by Crippen LogP contribution is 2.27. The quantitative estimate of drug-likeness (QED) is 0.699. The predicted molar refractivity (Wildman–Crippen MR) is 136 cm³/mol. The SMILES string of the molecule is COc1ccc(CN2C[C@H](C)[C@@H](OC)CN(C)C(=O)c3ccc(NC(C)=O)cc3OC[C@H]2C)cc1. The van der Waals surface area contributed by atoms with E-state index in [0.717, 1.165) is 18.8 Å². The molecule has 0 radical (unpaired) electrons. The zero-order valence-corrected chi connectivity index (χ0v) is 21.5. The molecular formula is C27H37N3O5. The summed E-state index contributed by atoms with van der Waals surface area (Å²) in [5.41, 5.74) is 2.22. The van der Waals surface area contributed by atoms with Crippen molar-refractivity contribution in [1.82, 2.24) is 9.80 Å². The average molecular weight is 484 g/mol. The molecule has 1 aliphatic rings. The number of nitrogens with zero attached hydrogens (tertiary/aromatic N) is 2. The van der Waals surface area contributed by atoms with Crippen molar-refractivity contribution in [3.05, 3.63) is 53.6 Å². The molecular weight excluding hydrogens is 446 g/mol. The molecule has 2 amide bonds. The number of likely N-dealkylation sites (N-methyl/N-ethyl adjacent to an activating group) is 1. The van der Waals surface area contributed by atoms with Gasteiger partial charge in [-0.2, -0.15) is 0 Å². The predicted octanol–water partition coefficient (Wildman–Crippen LogP) is 3.66. The van der Waals surface area contributed by atoms with Crippen molar-refractivity contribution in [3.63, 3.8) is 0 Å². The van der Waals surface area contributed by atoms with Crippen molar-refractivity contribution in [2.45, 2.75) is 39.5 Å². The highest BCUT2D eigenvalue weighted by Gasteiger charge is 2.28. The molecule has 0 aliphatic carbocycles. The first-order chi connectivity index (χ1) is 16.7. The van der Waals surface area contributed by atoms with Crippen LogP contribution in [0.2, 0.25) is 0 Å². The van der Waals surface area contributed by atoms with E-state index in [9.17, 15) is 9.59 Å². The zero-order valence-electron chi connectivity index (χ0n) is 21.5. The second-order valence-electron chi connectivity index (χ2n) is 9.27. The first-order valence-electron chi connectivity index (χ1n) is 11.9. The van der Waals surface area contributed by atoms with Crippen molar-refractivity contribution in [2.75, 3.05) is 46.3 Å². The number of anilines is 1. The average Bonchev–Trinajstić information content (AvgIpc) is 2.84. The van der Waals surface area contributed by atoms with Gasteiger partial charge in [0, 0.05) is 58.5 Å². The van der Waals surface area contributed by atoms with Crippen LogP contribution in [0.15, 0.2) is 42.5 Å². The summed E-state index contributed by atoms with van der Waals surface area (Å²) in [6.07, 6.45) is -0.128. The highest BCUT2D eigenvalue weighted by atomic mass is 16.5. The van der Waals surface area contributed by atoms with Crippen LogP contribution in [-0.2, 0) is 16.1 Å². The number of methoxy groups -OCH3 is 2. The van der Waals surface area contributed by atoms with Crippen LogP contribution in [-0.4, -0.2) is 74.7 Å². The van der Waals surface area contributed by atoms with E-state index in [-0.39, 0.29) is 29.9 Å². The lowest BCUT2D eigenvalue weighted by Crippen LogP contribution is -2.46. The minimum Gasteiger partial charge on any atom is -0.497 e. The Hall–Kier alpha value is -3.10. The Kier molecular flexibility index (Phi) is 9.12. The van der Waals surface area contributed by atoms with Gasteiger partial charge in [0.2, 0.25) is 5.91 Å². The van der Waals surface area contributed by atoms with E-state index in [2.05, 4.69) is 36.2 Å². The van der Waals surface area contributed by atoms with Crippen molar-refractivity contribution >= 4 is 17.5 Å². The normalized spacial score (nSPS) is 21.8. The Morgan fingerprint density at radius 1 is 1.11 bits per heavy atom. The topological polar surface area (TPSA) is 80.3 Å². The monoisotopic (exact) mass is 483 g/mol. The first-order valence-corrected chi connectivity index (χ1v) is 11.9. The zero-order chi connectivity index (χ0) is 25.5. The van der Waals surface area contributed by atoms with E-state index in [1.54, 1.807) is 44.4 Å². The van der Waals surface area contributed by atoms with Gasteiger partial charge in [-0.3, -0.25) is 14.5 Å². The van der Waals surface area contributed by atoms with E-state index in [1.165, 1.54) is 12.5 Å². The van der Waals surface area contributed by atoms with E-state index < -0.39 is 0 Å². The number of carbonyl (C=O) groups excluding carboxylic acids is 2. The largest absolute Gasteiger partial charge is 0.497 e. The van der Waals surface area contributed by atoms with Crippen LogP contribution in [0.5, 0.6) is 11.5 Å². The van der Waals surface area contributed by atoms with Crippen LogP contribution in [0, 0.1) is 5.92 Å². The minimum atomic E-state index is -0.183. The van der Waals surface area contributed by atoms with Crippen molar-refractivity contribution in [1.29, 1.82) is 0 Å². The van der Waals surface area contributed by atoms with E-state index in [1.807, 2.05) is 12.1 Å². The summed E-state index contributed by atoms with van der Waals surface area (Å²) < 4.78 is 17.3. The Morgan fingerprint density at radius 2 is 1.83 bits per heavy atom. The van der Waals surface area contributed by atoms with Crippen LogP contribution in [0.25, 0.3) is 0 Å². The standard InChI is InChI=1S/C27H37N3O5/c1-18-14-30(15-21-7-10-23(33-5)11-8-21)19(2)17-35-25-13-22(28-20(3)31)9-12-24(25)27(32)29(4)16-26(18)34-6/h7-13,18-19,26H,14-17H2,1-6H3,(H,28,31)/t18-,19+,26-/m0/s1. The molecule has 0 unspecified atom stereocenters. The molecule has 2 aromatic rings. The second kappa shape index (κ2) is 12.0. The second-order valence-corrected chi connectivity index (χ2v) is 9.27. The lowest BCUT2D eigenvalue weighted by Gasteiger charge is -2.36. The molecule has 0 spiro atoms. The van der Waals surface area contributed by atoms with Gasteiger partial charge in [0.25, 0.3) is 5.91 Å². The summed E-state index contributed by atoms with van der Waals surface area (Å²) in [6.45, 7) is 8.07. The minimum absolute atomic E-state index is 0.0570. The Labute approximate surface area is 208 Å². The van der Waals surface area contributed by atoms with Crippen LogP contribution in [0.4, 0.5) is 5.69 Å². The maximum absolute atomic E-state index is 13.3. The molecule has 3 rings (SSSR count). The number of carbonyl (C=O) groups is 2. The van der Waals surface area contributed by atoms with Crippen molar-refractivity contribution in [2.24, 2.45) is 5.92 Å². The summed E-state index contributed by atoms with van der Waals surface area (Å²) in [5.74, 6) is 1.12. The fourth-order valence-electron chi connectivity index (χ4n) is 4.31. The summed E-state index contributed by atoms with van der Waals surface area (Å²) in [5, 5.41) is 2.77. The van der Waals surface area contributed by atoms with Crippen LogP contribution < -0.4 is 14.8 Å². The van der Waals surface area contributed by atoms with Crippen LogP contribution in [0.3, 0.4) is 0 Å². The van der Waals surface area contributed by atoms with E-state index in [0.29, 0.717) is 30.2 Å². The summed E-state index contributed by atoms with van der Waals surface area (Å²) in [4.78, 5) is 28.9. The van der Waals surface area contributed by atoms with Gasteiger partial charge < -0.3 is 24.4 Å². The Morgan fingerprint density at radius 3 is 2.46 bits per heavy atom. The molecule has 190 valence electrons. The summed E-state index contributed by atoms with van der Waals surface area (Å²) in [6, 6.07) is 13.3. The number of hydrogen-bond donors (Lipinski definition) is 1. The number of hydrogen-bond acceptors (Lipinski definition) is 6. The summed E-state index contributed by atoms with van der Waals surface area (Å²) >= 11 is 0. The van der Waals surface area contributed by atoms with Gasteiger partial charge in [-0.25, -0.2) is 0 Å². The summed E-state index contributed by atoms with van der Waals surface area (Å²) in [7, 11) is 5.13.